The van der Waals surface area contributed by atoms with Crippen LogP contribution in [0.2, 0.25) is 0 Å². The summed E-state index contributed by atoms with van der Waals surface area (Å²) in [5, 5.41) is 11.6. The molecule has 6 aromatic rings. The summed E-state index contributed by atoms with van der Waals surface area (Å²) in [6, 6.07) is 32.6. The third-order valence-corrected chi connectivity index (χ3v) is 12.9. The normalized spacial score (nSPS) is 12.5. The summed E-state index contributed by atoms with van der Waals surface area (Å²) in [6.07, 6.45) is -3.45. The number of carbonyl (C=O) groups is 1. The number of allylic oxidation sites excluding steroid dienone is 2. The first-order valence-corrected chi connectivity index (χ1v) is 23.2. The Hall–Kier alpha value is -5.05. The van der Waals surface area contributed by atoms with Crippen molar-refractivity contribution in [2.75, 3.05) is 0 Å². The Morgan fingerprint density at radius 2 is 1.24 bits per heavy atom. The predicted octanol–water partition coefficient (Wildman–Crippen LogP) is 17.6. The Balaban J connectivity index is 0.000000543. The molecule has 0 saturated heterocycles. The van der Waals surface area contributed by atoms with Gasteiger partial charge in [0.25, 0.3) is 0 Å². The van der Waals surface area contributed by atoms with Gasteiger partial charge in [-0.05, 0) is 101 Å². The van der Waals surface area contributed by atoms with E-state index in [9.17, 15) is 36.2 Å². The molecule has 0 fully saturated rings. The van der Waals surface area contributed by atoms with Gasteiger partial charge >= 0.3 is 12.4 Å². The van der Waals surface area contributed by atoms with Crippen molar-refractivity contribution in [2.24, 2.45) is 17.3 Å². The van der Waals surface area contributed by atoms with Crippen LogP contribution < -0.4 is 0 Å². The van der Waals surface area contributed by atoms with Gasteiger partial charge in [-0.25, -0.2) is 0 Å². The van der Waals surface area contributed by atoms with Crippen LogP contribution in [0.15, 0.2) is 115 Å². The summed E-state index contributed by atoms with van der Waals surface area (Å²) in [4.78, 5) is 16.0. The number of halogens is 6. The number of hydrogen-bond donors (Lipinski definition) is 1. The average molecular weight is 1110 g/mol. The number of nitrogens with zero attached hydrogens (tertiary/aromatic N) is 1. The minimum Gasteiger partial charge on any atom is -0.512 e. The van der Waals surface area contributed by atoms with Gasteiger partial charge in [0.05, 0.1) is 16.7 Å². The maximum atomic E-state index is 14.5. The maximum absolute atomic E-state index is 14.5. The van der Waals surface area contributed by atoms with Gasteiger partial charge in [-0.15, -0.1) is 29.1 Å². The minimum atomic E-state index is -4.65. The van der Waals surface area contributed by atoms with Crippen LogP contribution in [0.5, 0.6) is 0 Å². The second-order valence-corrected chi connectivity index (χ2v) is 19.3. The topological polar surface area (TPSA) is 50.2 Å². The van der Waals surface area contributed by atoms with Crippen LogP contribution in [-0.2, 0) is 42.9 Å². The van der Waals surface area contributed by atoms with E-state index >= 15 is 0 Å². The molecule has 1 N–H and O–H groups in total. The van der Waals surface area contributed by atoms with Crippen LogP contribution in [0.1, 0.15) is 116 Å². The van der Waals surface area contributed by atoms with Crippen LogP contribution in [-0.4, -0.2) is 22.1 Å². The fraction of sp³-hybridized carbons (Fsp3) is 0.379. The number of aliphatic hydroxyl groups excluding tert-OH is 1. The molecule has 0 amide bonds. The summed E-state index contributed by atoms with van der Waals surface area (Å²) in [7, 11) is 0. The average Bonchev–Trinajstić information content (AvgIpc) is 3.26. The number of benzene rings is 5. The van der Waals surface area contributed by atoms with Gasteiger partial charge in [-0.1, -0.05) is 158 Å². The van der Waals surface area contributed by atoms with Crippen molar-refractivity contribution in [2.45, 2.75) is 126 Å². The van der Waals surface area contributed by atoms with Crippen molar-refractivity contribution >= 4 is 16.6 Å². The zero-order chi connectivity index (χ0) is 49.6. The number of fused-ring (bicyclic) bond motifs is 1. The Kier molecular flexibility index (Phi) is 18.4. The molecule has 6 rings (SSSR count). The van der Waals surface area contributed by atoms with Gasteiger partial charge in [0, 0.05) is 49.9 Å². The summed E-state index contributed by atoms with van der Waals surface area (Å²) in [5.41, 5.74) is 4.96. The quantitative estimate of drug-likeness (QED) is 0.0543. The monoisotopic (exact) mass is 1110 g/mol. The van der Waals surface area contributed by atoms with E-state index in [1.165, 1.54) is 26.0 Å². The van der Waals surface area contributed by atoms with Gasteiger partial charge in [0.2, 0.25) is 0 Å². The molecule has 0 unspecified atom stereocenters. The van der Waals surface area contributed by atoms with E-state index in [4.69, 9.17) is 0 Å². The second-order valence-electron chi connectivity index (χ2n) is 19.3. The molecule has 0 aliphatic heterocycles. The number of alkyl halides is 6. The Labute approximate surface area is 412 Å². The van der Waals surface area contributed by atoms with Gasteiger partial charge in [0.1, 0.15) is 0 Å². The van der Waals surface area contributed by atoms with Crippen molar-refractivity contribution in [3.63, 3.8) is 0 Å². The molecule has 5 aromatic carbocycles. The molecule has 365 valence electrons. The standard InChI is InChI=1S/C45H40F6N.C13H24O2.Ir/c1-27-11-10-12-28(2)41(27)37-21-29(25-43(6,7)45(49,50)51)15-20-34(37)30-16-18-31(19-17-30)36-24-40(52-26-39(36)44(46,47)48)33-22-32-13-8-9-14-35(32)38(23-33)42(3,4)5;1-5-10(6-2)12(14)9-13(15)11(7-3)8-4;/h8-21,23-24,26H,25H2,1-7H3;9-11,14H,5-8H2,1-4H3;/q-1;;/b;12-9-;. The molecular formula is C58H64F6IrNO2-. The maximum Gasteiger partial charge on any atom is 0.418 e. The van der Waals surface area contributed by atoms with Gasteiger partial charge < -0.3 is 5.11 Å². The van der Waals surface area contributed by atoms with E-state index in [1.54, 1.807) is 30.3 Å². The largest absolute Gasteiger partial charge is 0.512 e. The molecule has 68 heavy (non-hydrogen) atoms. The molecule has 10 heteroatoms. The van der Waals surface area contributed by atoms with Crippen molar-refractivity contribution in [3.8, 4) is 44.6 Å². The number of carbonyl (C=O) groups excluding carboxylic acids is 1. The molecule has 1 heterocycles. The number of aliphatic hydroxyl groups is 1. The molecule has 0 aliphatic carbocycles. The van der Waals surface area contributed by atoms with Crippen molar-refractivity contribution in [1.82, 2.24) is 4.98 Å². The van der Waals surface area contributed by atoms with Crippen LogP contribution in [0.3, 0.4) is 0 Å². The Morgan fingerprint density at radius 3 is 1.76 bits per heavy atom. The molecule has 0 atom stereocenters. The second kappa shape index (κ2) is 22.6. The molecule has 3 nitrogen and oxygen atoms in total. The van der Waals surface area contributed by atoms with E-state index in [2.05, 4.69) is 31.8 Å². The van der Waals surface area contributed by atoms with E-state index in [0.29, 0.717) is 22.4 Å². The number of hydrogen-bond acceptors (Lipinski definition) is 3. The molecule has 0 bridgehead atoms. The third-order valence-electron chi connectivity index (χ3n) is 12.9. The van der Waals surface area contributed by atoms with Crippen molar-refractivity contribution in [3.05, 3.63) is 149 Å². The van der Waals surface area contributed by atoms with E-state index in [0.717, 1.165) is 81.6 Å². The zero-order valence-electron chi connectivity index (χ0n) is 41.0. The minimum absolute atomic E-state index is 0. The van der Waals surface area contributed by atoms with Crippen molar-refractivity contribution < 1.29 is 56.3 Å². The van der Waals surface area contributed by atoms with Gasteiger partial charge in [0.15, 0.2) is 5.78 Å². The van der Waals surface area contributed by atoms with Gasteiger partial charge in [-0.3, -0.25) is 9.78 Å². The molecule has 1 radical (unpaired) electrons. The van der Waals surface area contributed by atoms with E-state index < -0.39 is 23.3 Å². The first kappa shape index (κ1) is 55.5. The summed E-state index contributed by atoms with van der Waals surface area (Å²) >= 11 is 0. The summed E-state index contributed by atoms with van der Waals surface area (Å²) in [5.74, 6) is 0.547. The number of aryl methyl sites for hydroxylation is 2. The summed E-state index contributed by atoms with van der Waals surface area (Å²) in [6.45, 7) is 20.6. The zero-order valence-corrected chi connectivity index (χ0v) is 43.4. The van der Waals surface area contributed by atoms with Crippen LogP contribution in [0, 0.1) is 37.2 Å². The number of rotatable bonds is 13. The van der Waals surface area contributed by atoms with Crippen LogP contribution in [0.4, 0.5) is 26.3 Å². The number of pyridine rings is 1. The smallest absolute Gasteiger partial charge is 0.418 e. The summed E-state index contributed by atoms with van der Waals surface area (Å²) < 4.78 is 85.0. The predicted molar refractivity (Wildman–Crippen MR) is 263 cm³/mol. The Bertz CT molecular complexity index is 2680. The van der Waals surface area contributed by atoms with Crippen LogP contribution in [0.25, 0.3) is 55.4 Å². The number of aromatic nitrogens is 1. The fourth-order valence-corrected chi connectivity index (χ4v) is 8.67. The molecular weight excluding hydrogens is 1050 g/mol. The number of ketones is 1. The van der Waals surface area contributed by atoms with Gasteiger partial charge in [-0.2, -0.15) is 26.3 Å². The van der Waals surface area contributed by atoms with Crippen molar-refractivity contribution in [1.29, 1.82) is 0 Å². The third kappa shape index (κ3) is 13.0. The molecule has 1 aromatic heterocycles. The molecule has 0 spiro atoms. The first-order chi connectivity index (χ1) is 31.3. The fourth-order valence-electron chi connectivity index (χ4n) is 8.67. The molecule has 0 saturated carbocycles. The SMILES string of the molecule is CCC(CC)C(=O)/C=C(\O)C(CC)CC.Cc1cccc(C)c1-c1cc(CC(C)(C)C(F)(F)F)ccc1-c1ccc(-c2cc(-c3[c-]c4ccccc4c(C(C)(C)C)c3)ncc2C(F)(F)F)cc1.[Ir]. The first-order valence-electron chi connectivity index (χ1n) is 23.2. The Morgan fingerprint density at radius 1 is 0.676 bits per heavy atom. The molecule has 0 aliphatic rings. The van der Waals surface area contributed by atoms with E-state index in [1.807, 2.05) is 102 Å². The van der Waals surface area contributed by atoms with E-state index in [-0.39, 0.29) is 60.9 Å². The van der Waals surface area contributed by atoms with Crippen LogP contribution >= 0.6 is 0 Å².